The summed E-state index contributed by atoms with van der Waals surface area (Å²) in [5, 5.41) is -0.234. The lowest BCUT2D eigenvalue weighted by Gasteiger charge is -2.41. The molecule has 110 valence electrons. The quantitative estimate of drug-likeness (QED) is 0.619. The van der Waals surface area contributed by atoms with Gasteiger partial charge in [0.05, 0.1) is 0 Å². The van der Waals surface area contributed by atoms with Crippen LogP contribution in [0.1, 0.15) is 28.9 Å². The first-order valence-corrected chi connectivity index (χ1v) is 5.92. The average Bonchev–Trinajstić information content (AvgIpc) is 2.24. The van der Waals surface area contributed by atoms with Crippen LogP contribution in [0.4, 0.5) is 22.0 Å². The SMILES string of the molecule is O=C(c1nc(Cl)ccc1C(F)F)N1CCC1C(F)(F)F. The van der Waals surface area contributed by atoms with Gasteiger partial charge in [-0.15, -0.1) is 0 Å². The fourth-order valence-electron chi connectivity index (χ4n) is 1.90. The number of likely N-dealkylation sites (tertiary alicyclic amines) is 1. The van der Waals surface area contributed by atoms with E-state index >= 15 is 0 Å². The van der Waals surface area contributed by atoms with Crippen LogP contribution in [-0.2, 0) is 0 Å². The largest absolute Gasteiger partial charge is 0.408 e. The third-order valence-corrected chi connectivity index (χ3v) is 3.20. The standard InChI is InChI=1S/C11H8ClF5N2O/c12-7-2-1-5(9(13)14)8(18-7)10(20)19-4-3-6(19)11(15,16)17/h1-2,6,9H,3-4H2. The van der Waals surface area contributed by atoms with Crippen molar-refractivity contribution >= 4 is 17.5 Å². The zero-order chi connectivity index (χ0) is 15.1. The van der Waals surface area contributed by atoms with Crippen molar-refractivity contribution in [2.75, 3.05) is 6.54 Å². The van der Waals surface area contributed by atoms with E-state index in [1.54, 1.807) is 0 Å². The van der Waals surface area contributed by atoms with Gasteiger partial charge in [-0.3, -0.25) is 4.79 Å². The molecule has 1 unspecified atom stereocenters. The van der Waals surface area contributed by atoms with Crippen molar-refractivity contribution in [3.8, 4) is 0 Å². The van der Waals surface area contributed by atoms with Crippen molar-refractivity contribution in [1.82, 2.24) is 9.88 Å². The first-order chi connectivity index (χ1) is 9.21. The highest BCUT2D eigenvalue weighted by molar-refractivity contribution is 6.29. The van der Waals surface area contributed by atoms with E-state index in [2.05, 4.69) is 4.98 Å². The first kappa shape index (κ1) is 15.0. The Morgan fingerprint density at radius 1 is 1.40 bits per heavy atom. The van der Waals surface area contributed by atoms with Crippen molar-refractivity contribution in [1.29, 1.82) is 0 Å². The number of amides is 1. The lowest BCUT2D eigenvalue weighted by Crippen LogP contribution is -2.58. The molecule has 1 aliphatic heterocycles. The van der Waals surface area contributed by atoms with E-state index < -0.39 is 35.8 Å². The van der Waals surface area contributed by atoms with E-state index in [-0.39, 0.29) is 18.1 Å². The van der Waals surface area contributed by atoms with Crippen LogP contribution in [-0.4, -0.2) is 34.6 Å². The van der Waals surface area contributed by atoms with Gasteiger partial charge in [-0.25, -0.2) is 13.8 Å². The fourth-order valence-corrected chi connectivity index (χ4v) is 2.05. The van der Waals surface area contributed by atoms with Crippen LogP contribution in [0.3, 0.4) is 0 Å². The minimum Gasteiger partial charge on any atom is -0.325 e. The van der Waals surface area contributed by atoms with Gasteiger partial charge in [-0.05, 0) is 18.6 Å². The van der Waals surface area contributed by atoms with Crippen LogP contribution in [0.25, 0.3) is 0 Å². The molecule has 0 radical (unpaired) electrons. The average molecular weight is 315 g/mol. The second-order valence-corrected chi connectivity index (χ2v) is 4.60. The summed E-state index contributed by atoms with van der Waals surface area (Å²) in [5.41, 5.74) is -1.46. The maximum atomic E-state index is 12.8. The number of rotatable bonds is 2. The highest BCUT2D eigenvalue weighted by atomic mass is 35.5. The van der Waals surface area contributed by atoms with Gasteiger partial charge in [-0.2, -0.15) is 13.2 Å². The summed E-state index contributed by atoms with van der Waals surface area (Å²) < 4.78 is 63.3. The summed E-state index contributed by atoms with van der Waals surface area (Å²) in [5.74, 6) is -1.18. The Kier molecular flexibility index (Phi) is 3.86. The zero-order valence-corrected chi connectivity index (χ0v) is 10.6. The Balaban J connectivity index is 2.32. The van der Waals surface area contributed by atoms with Crippen molar-refractivity contribution in [2.24, 2.45) is 0 Å². The molecule has 3 nitrogen and oxygen atoms in total. The Labute approximate surface area is 115 Å². The molecular formula is C11H8ClF5N2O. The molecule has 0 N–H and O–H groups in total. The number of alkyl halides is 5. The van der Waals surface area contributed by atoms with E-state index in [1.807, 2.05) is 0 Å². The summed E-state index contributed by atoms with van der Waals surface area (Å²) in [6.45, 7) is -0.153. The molecule has 0 aromatic carbocycles. The number of pyridine rings is 1. The van der Waals surface area contributed by atoms with E-state index in [0.29, 0.717) is 4.90 Å². The molecule has 9 heteroatoms. The molecule has 2 heterocycles. The van der Waals surface area contributed by atoms with E-state index in [1.165, 1.54) is 0 Å². The molecule has 1 saturated heterocycles. The van der Waals surface area contributed by atoms with Crippen LogP contribution in [0.5, 0.6) is 0 Å². The van der Waals surface area contributed by atoms with Gasteiger partial charge in [0.2, 0.25) is 0 Å². The zero-order valence-electron chi connectivity index (χ0n) is 9.79. The van der Waals surface area contributed by atoms with Crippen molar-refractivity contribution in [3.63, 3.8) is 0 Å². The number of hydrogen-bond acceptors (Lipinski definition) is 2. The lowest BCUT2D eigenvalue weighted by molar-refractivity contribution is -0.199. The molecule has 0 bridgehead atoms. The first-order valence-electron chi connectivity index (χ1n) is 5.54. The van der Waals surface area contributed by atoms with Crippen LogP contribution in [0, 0.1) is 0 Å². The van der Waals surface area contributed by atoms with Gasteiger partial charge in [-0.1, -0.05) is 11.6 Å². The number of carbonyl (C=O) groups excluding carboxylic acids is 1. The highest BCUT2D eigenvalue weighted by Gasteiger charge is 2.51. The summed E-state index contributed by atoms with van der Waals surface area (Å²) in [4.78, 5) is 15.9. The van der Waals surface area contributed by atoms with Gasteiger partial charge in [0.15, 0.2) is 0 Å². The van der Waals surface area contributed by atoms with Crippen molar-refractivity contribution in [2.45, 2.75) is 25.1 Å². The Hall–Kier alpha value is -1.44. The number of nitrogens with zero attached hydrogens (tertiary/aromatic N) is 2. The second kappa shape index (κ2) is 5.16. The summed E-state index contributed by atoms with van der Waals surface area (Å²) in [6, 6.07) is -0.0198. The smallest absolute Gasteiger partial charge is 0.325 e. The summed E-state index contributed by atoms with van der Waals surface area (Å²) in [6.07, 6.45) is -7.86. The molecule has 20 heavy (non-hydrogen) atoms. The Morgan fingerprint density at radius 3 is 2.50 bits per heavy atom. The molecule has 1 atom stereocenters. The maximum absolute atomic E-state index is 12.8. The molecule has 0 spiro atoms. The molecule has 0 saturated carbocycles. The topological polar surface area (TPSA) is 33.2 Å². The highest BCUT2D eigenvalue weighted by Crippen LogP contribution is 2.35. The van der Waals surface area contributed by atoms with E-state index in [4.69, 9.17) is 11.6 Å². The third kappa shape index (κ3) is 2.70. The third-order valence-electron chi connectivity index (χ3n) is 2.99. The normalized spacial score (nSPS) is 19.1. The summed E-state index contributed by atoms with van der Waals surface area (Å²) >= 11 is 5.51. The van der Waals surface area contributed by atoms with Crippen LogP contribution in [0.15, 0.2) is 12.1 Å². The molecule has 1 aliphatic rings. The van der Waals surface area contributed by atoms with Gasteiger partial charge >= 0.3 is 6.18 Å². The molecule has 1 amide bonds. The molecule has 0 aliphatic carbocycles. The van der Waals surface area contributed by atoms with Crippen LogP contribution in [0.2, 0.25) is 5.15 Å². The molecule has 1 aromatic rings. The molecule has 1 aromatic heterocycles. The number of carbonyl (C=O) groups is 1. The predicted octanol–water partition coefficient (Wildman–Crippen LogP) is 3.45. The Bertz CT molecular complexity index is 534. The lowest BCUT2D eigenvalue weighted by atomic mass is 10.0. The number of halogens is 6. The van der Waals surface area contributed by atoms with Crippen molar-refractivity contribution < 1.29 is 26.7 Å². The predicted molar refractivity (Wildman–Crippen MR) is 59.7 cm³/mol. The van der Waals surface area contributed by atoms with E-state index in [9.17, 15) is 26.7 Å². The van der Waals surface area contributed by atoms with Gasteiger partial charge in [0.25, 0.3) is 12.3 Å². The fraction of sp³-hybridized carbons (Fsp3) is 0.455. The van der Waals surface area contributed by atoms with Crippen LogP contribution >= 0.6 is 11.6 Å². The Morgan fingerprint density at radius 2 is 2.05 bits per heavy atom. The second-order valence-electron chi connectivity index (χ2n) is 4.22. The minimum atomic E-state index is -4.59. The molecule has 1 fully saturated rings. The number of aromatic nitrogens is 1. The molecule has 2 rings (SSSR count). The van der Waals surface area contributed by atoms with Crippen molar-refractivity contribution in [3.05, 3.63) is 28.5 Å². The molecular weight excluding hydrogens is 307 g/mol. The monoisotopic (exact) mass is 314 g/mol. The minimum absolute atomic E-state index is 0.153. The van der Waals surface area contributed by atoms with Gasteiger partial charge < -0.3 is 4.90 Å². The van der Waals surface area contributed by atoms with E-state index in [0.717, 1.165) is 12.1 Å². The van der Waals surface area contributed by atoms with Gasteiger partial charge in [0, 0.05) is 12.1 Å². The summed E-state index contributed by atoms with van der Waals surface area (Å²) in [7, 11) is 0. The van der Waals surface area contributed by atoms with Crippen LogP contribution < -0.4 is 0 Å². The van der Waals surface area contributed by atoms with Gasteiger partial charge in [0.1, 0.15) is 16.9 Å². The number of hydrogen-bond donors (Lipinski definition) is 0. The maximum Gasteiger partial charge on any atom is 0.408 e.